The number of carbonyl (C=O) groups excluding carboxylic acids is 2. The van der Waals surface area contributed by atoms with Crippen molar-refractivity contribution in [2.24, 2.45) is 0 Å². The van der Waals surface area contributed by atoms with Gasteiger partial charge in [-0.25, -0.2) is 9.78 Å². The maximum absolute atomic E-state index is 12.5. The number of ether oxygens (including phenoxy) is 1. The van der Waals surface area contributed by atoms with Gasteiger partial charge in [-0.15, -0.1) is 11.3 Å². The van der Waals surface area contributed by atoms with Gasteiger partial charge < -0.3 is 14.5 Å². The van der Waals surface area contributed by atoms with Crippen LogP contribution in [0.15, 0.2) is 63.3 Å². The van der Waals surface area contributed by atoms with Gasteiger partial charge >= 0.3 is 5.63 Å². The van der Waals surface area contributed by atoms with E-state index in [1.54, 1.807) is 55.1 Å². The minimum absolute atomic E-state index is 0.111. The molecular formula is C24H21N3O5S. The molecule has 2 aromatic carbocycles. The average molecular weight is 464 g/mol. The molecule has 0 saturated carbocycles. The number of methoxy groups -OCH3 is 1. The van der Waals surface area contributed by atoms with Gasteiger partial charge in [-0.2, -0.15) is 0 Å². The Labute approximate surface area is 193 Å². The van der Waals surface area contributed by atoms with Gasteiger partial charge in [0.15, 0.2) is 5.13 Å². The standard InChI is InChI=1S/C24H21N3O5S/c1-14-18-8-7-17(31-2)13-20(18)32-23(30)19(14)9-10-21(28)26-16-5-3-15(4-6-16)22(29)27-24-25-11-12-33-24/h3-8,11-13H,9-10H2,1-2H3,(H,26,28)(H,25,27,29). The Kier molecular flexibility index (Phi) is 6.50. The smallest absolute Gasteiger partial charge is 0.339 e. The molecule has 168 valence electrons. The Balaban J connectivity index is 1.39. The number of nitrogens with zero attached hydrogens (tertiary/aromatic N) is 1. The number of benzene rings is 2. The SMILES string of the molecule is COc1ccc2c(C)c(CCC(=O)Nc3ccc(C(=O)Nc4nccs4)cc3)c(=O)oc2c1. The number of rotatable bonds is 7. The van der Waals surface area contributed by atoms with Crippen LogP contribution < -0.4 is 21.0 Å². The van der Waals surface area contributed by atoms with Crippen LogP contribution in [0.1, 0.15) is 27.9 Å². The van der Waals surface area contributed by atoms with Crippen LogP contribution in [0.3, 0.4) is 0 Å². The van der Waals surface area contributed by atoms with Crippen molar-refractivity contribution in [2.75, 3.05) is 17.7 Å². The summed E-state index contributed by atoms with van der Waals surface area (Å²) in [6.45, 7) is 1.84. The molecule has 0 aliphatic heterocycles. The number of nitrogens with one attached hydrogen (secondary N) is 2. The fourth-order valence-corrected chi connectivity index (χ4v) is 3.94. The number of hydrogen-bond donors (Lipinski definition) is 2. The number of carbonyl (C=O) groups is 2. The first-order valence-electron chi connectivity index (χ1n) is 10.2. The van der Waals surface area contributed by atoms with Crippen LogP contribution in [0.25, 0.3) is 11.0 Å². The third-order valence-corrected chi connectivity index (χ3v) is 5.87. The molecule has 0 saturated heterocycles. The number of anilines is 2. The van der Waals surface area contributed by atoms with Gasteiger partial charge in [0.05, 0.1) is 7.11 Å². The third-order valence-electron chi connectivity index (χ3n) is 5.18. The molecule has 33 heavy (non-hydrogen) atoms. The molecule has 2 heterocycles. The highest BCUT2D eigenvalue weighted by Gasteiger charge is 2.14. The van der Waals surface area contributed by atoms with E-state index in [1.807, 2.05) is 13.0 Å². The van der Waals surface area contributed by atoms with Gasteiger partial charge in [0.2, 0.25) is 5.91 Å². The topological polar surface area (TPSA) is 111 Å². The van der Waals surface area contributed by atoms with E-state index in [4.69, 9.17) is 9.15 Å². The molecule has 9 heteroatoms. The molecule has 2 amide bonds. The number of amides is 2. The fraction of sp³-hybridized carbons (Fsp3) is 0.167. The molecule has 8 nitrogen and oxygen atoms in total. The summed E-state index contributed by atoms with van der Waals surface area (Å²) in [5, 5.41) is 8.58. The summed E-state index contributed by atoms with van der Waals surface area (Å²) in [6.07, 6.45) is 1.97. The third kappa shape index (κ3) is 5.09. The van der Waals surface area contributed by atoms with Gasteiger partial charge in [-0.1, -0.05) is 0 Å². The zero-order valence-electron chi connectivity index (χ0n) is 18.0. The quantitative estimate of drug-likeness (QED) is 0.393. The summed E-state index contributed by atoms with van der Waals surface area (Å²) >= 11 is 1.33. The molecule has 0 fully saturated rings. The fourth-order valence-electron chi connectivity index (χ4n) is 3.41. The predicted molar refractivity (Wildman–Crippen MR) is 127 cm³/mol. The summed E-state index contributed by atoms with van der Waals surface area (Å²) in [4.78, 5) is 41.1. The molecule has 0 bridgehead atoms. The molecule has 4 aromatic rings. The number of thiazole rings is 1. The van der Waals surface area contributed by atoms with Crippen molar-refractivity contribution < 1.29 is 18.7 Å². The van der Waals surface area contributed by atoms with E-state index in [1.165, 1.54) is 11.3 Å². The van der Waals surface area contributed by atoms with Crippen molar-refractivity contribution in [3.05, 3.63) is 81.2 Å². The van der Waals surface area contributed by atoms with Crippen molar-refractivity contribution >= 4 is 44.9 Å². The minimum atomic E-state index is -0.461. The highest BCUT2D eigenvalue weighted by Crippen LogP contribution is 2.24. The second-order valence-corrected chi connectivity index (χ2v) is 8.17. The molecule has 0 aliphatic carbocycles. The molecule has 0 aliphatic rings. The van der Waals surface area contributed by atoms with Crippen LogP contribution in [-0.4, -0.2) is 23.9 Å². The van der Waals surface area contributed by atoms with Crippen LogP contribution in [0.4, 0.5) is 10.8 Å². The number of hydrogen-bond acceptors (Lipinski definition) is 7. The lowest BCUT2D eigenvalue weighted by molar-refractivity contribution is -0.116. The van der Waals surface area contributed by atoms with Crippen LogP contribution in [0.2, 0.25) is 0 Å². The largest absolute Gasteiger partial charge is 0.497 e. The number of fused-ring (bicyclic) bond motifs is 1. The summed E-state index contributed by atoms with van der Waals surface area (Å²) in [7, 11) is 1.55. The van der Waals surface area contributed by atoms with Crippen molar-refractivity contribution in [2.45, 2.75) is 19.8 Å². The molecule has 2 N–H and O–H groups in total. The summed E-state index contributed by atoms with van der Waals surface area (Å²) in [5.41, 5.74) is 2.24. The Morgan fingerprint density at radius 1 is 1.12 bits per heavy atom. The van der Waals surface area contributed by atoms with E-state index >= 15 is 0 Å². The summed E-state index contributed by atoms with van der Waals surface area (Å²) in [6, 6.07) is 11.8. The minimum Gasteiger partial charge on any atom is -0.497 e. The molecular weight excluding hydrogens is 442 g/mol. The van der Waals surface area contributed by atoms with E-state index in [0.717, 1.165) is 10.9 Å². The first-order valence-corrected chi connectivity index (χ1v) is 11.0. The molecule has 2 aromatic heterocycles. The molecule has 0 unspecified atom stereocenters. The van der Waals surface area contributed by atoms with Gasteiger partial charge in [0.25, 0.3) is 5.91 Å². The highest BCUT2D eigenvalue weighted by atomic mass is 32.1. The van der Waals surface area contributed by atoms with E-state index < -0.39 is 5.63 Å². The van der Waals surface area contributed by atoms with Crippen molar-refractivity contribution in [1.82, 2.24) is 4.98 Å². The van der Waals surface area contributed by atoms with Crippen molar-refractivity contribution in [1.29, 1.82) is 0 Å². The van der Waals surface area contributed by atoms with E-state index in [2.05, 4.69) is 15.6 Å². The Morgan fingerprint density at radius 3 is 2.61 bits per heavy atom. The van der Waals surface area contributed by atoms with Crippen LogP contribution >= 0.6 is 11.3 Å². The second kappa shape index (κ2) is 9.66. The van der Waals surface area contributed by atoms with Crippen LogP contribution in [0.5, 0.6) is 5.75 Å². The monoisotopic (exact) mass is 463 g/mol. The summed E-state index contributed by atoms with van der Waals surface area (Å²) < 4.78 is 10.6. The lowest BCUT2D eigenvalue weighted by atomic mass is 10.0. The molecule has 0 atom stereocenters. The first-order chi connectivity index (χ1) is 15.9. The van der Waals surface area contributed by atoms with E-state index in [0.29, 0.717) is 33.3 Å². The van der Waals surface area contributed by atoms with Crippen molar-refractivity contribution in [3.8, 4) is 5.75 Å². The van der Waals surface area contributed by atoms with Crippen LogP contribution in [-0.2, 0) is 11.2 Å². The number of aromatic nitrogens is 1. The Bertz CT molecular complexity index is 1360. The summed E-state index contributed by atoms with van der Waals surface area (Å²) in [5.74, 6) is 0.0754. The lowest BCUT2D eigenvalue weighted by Gasteiger charge is -2.09. The Morgan fingerprint density at radius 2 is 1.91 bits per heavy atom. The first kappa shape index (κ1) is 22.2. The average Bonchev–Trinajstić information content (AvgIpc) is 3.32. The zero-order valence-corrected chi connectivity index (χ0v) is 18.8. The highest BCUT2D eigenvalue weighted by molar-refractivity contribution is 7.13. The second-order valence-electron chi connectivity index (χ2n) is 7.27. The Hall–Kier alpha value is -3.98. The van der Waals surface area contributed by atoms with Gasteiger partial charge in [-0.05, 0) is 55.3 Å². The van der Waals surface area contributed by atoms with Gasteiger partial charge in [-0.3, -0.25) is 14.9 Å². The molecule has 4 rings (SSSR count). The van der Waals surface area contributed by atoms with Crippen molar-refractivity contribution in [3.63, 3.8) is 0 Å². The van der Waals surface area contributed by atoms with E-state index in [-0.39, 0.29) is 24.7 Å². The zero-order chi connectivity index (χ0) is 23.4. The van der Waals surface area contributed by atoms with Crippen LogP contribution in [0, 0.1) is 6.92 Å². The number of aryl methyl sites for hydroxylation is 1. The molecule has 0 spiro atoms. The lowest BCUT2D eigenvalue weighted by Crippen LogP contribution is -2.17. The van der Waals surface area contributed by atoms with Gasteiger partial charge in [0.1, 0.15) is 11.3 Å². The predicted octanol–water partition coefficient (Wildman–Crippen LogP) is 4.39. The molecule has 0 radical (unpaired) electrons. The maximum atomic E-state index is 12.5. The maximum Gasteiger partial charge on any atom is 0.339 e. The van der Waals surface area contributed by atoms with E-state index in [9.17, 15) is 14.4 Å². The normalized spacial score (nSPS) is 10.7. The van der Waals surface area contributed by atoms with Gasteiger partial charge in [0, 0.05) is 46.3 Å².